The van der Waals surface area contributed by atoms with E-state index in [2.05, 4.69) is 5.32 Å². The second-order valence-electron chi connectivity index (χ2n) is 5.47. The van der Waals surface area contributed by atoms with Crippen LogP contribution in [-0.4, -0.2) is 66.2 Å². The van der Waals surface area contributed by atoms with Gasteiger partial charge in [0.2, 0.25) is 0 Å². The molecule has 1 saturated carbocycles. The monoisotopic (exact) mass is 269 g/mol. The third-order valence-corrected chi connectivity index (χ3v) is 3.76. The van der Waals surface area contributed by atoms with E-state index < -0.39 is 5.97 Å². The van der Waals surface area contributed by atoms with Crippen molar-refractivity contribution in [2.45, 2.75) is 25.7 Å². The zero-order valence-corrected chi connectivity index (χ0v) is 11.3. The molecule has 0 spiro atoms. The van der Waals surface area contributed by atoms with Gasteiger partial charge < -0.3 is 15.3 Å². The summed E-state index contributed by atoms with van der Waals surface area (Å²) in [5, 5.41) is 11.7. The molecule has 2 N–H and O–H groups in total. The Hall–Kier alpha value is -1.30. The molecule has 2 rings (SSSR count). The van der Waals surface area contributed by atoms with E-state index in [9.17, 15) is 9.59 Å². The van der Waals surface area contributed by atoms with Crippen LogP contribution in [0.1, 0.15) is 25.7 Å². The highest BCUT2D eigenvalue weighted by Gasteiger charge is 2.22. The molecule has 1 heterocycles. The summed E-state index contributed by atoms with van der Waals surface area (Å²) in [7, 11) is 0. The Morgan fingerprint density at radius 3 is 2.63 bits per heavy atom. The molecular weight excluding hydrogens is 246 g/mol. The van der Waals surface area contributed by atoms with Gasteiger partial charge in [0.05, 0.1) is 6.54 Å². The van der Waals surface area contributed by atoms with Gasteiger partial charge in [-0.1, -0.05) is 12.8 Å². The molecule has 1 aliphatic carbocycles. The van der Waals surface area contributed by atoms with E-state index in [4.69, 9.17) is 5.11 Å². The average molecular weight is 269 g/mol. The summed E-state index contributed by atoms with van der Waals surface area (Å²) < 4.78 is 0. The van der Waals surface area contributed by atoms with E-state index >= 15 is 0 Å². The molecule has 0 bridgehead atoms. The van der Waals surface area contributed by atoms with Crippen LogP contribution in [0.3, 0.4) is 0 Å². The van der Waals surface area contributed by atoms with Gasteiger partial charge in [-0.2, -0.15) is 0 Å². The maximum absolute atomic E-state index is 12.0. The van der Waals surface area contributed by atoms with Crippen LogP contribution in [-0.2, 0) is 4.79 Å². The first-order valence-corrected chi connectivity index (χ1v) is 7.12. The van der Waals surface area contributed by atoms with Crippen molar-refractivity contribution in [3.8, 4) is 0 Å². The van der Waals surface area contributed by atoms with Crippen molar-refractivity contribution >= 4 is 12.0 Å². The van der Waals surface area contributed by atoms with Crippen LogP contribution in [0, 0.1) is 5.92 Å². The molecule has 0 aromatic heterocycles. The fourth-order valence-electron chi connectivity index (χ4n) is 2.42. The molecule has 2 amide bonds. The van der Waals surface area contributed by atoms with E-state index in [0.717, 1.165) is 31.8 Å². The van der Waals surface area contributed by atoms with Gasteiger partial charge in [-0.05, 0) is 18.8 Å². The van der Waals surface area contributed by atoms with Gasteiger partial charge >= 0.3 is 12.0 Å². The molecule has 0 radical (unpaired) electrons. The van der Waals surface area contributed by atoms with E-state index in [1.165, 1.54) is 12.8 Å². The van der Waals surface area contributed by atoms with Gasteiger partial charge in [-0.15, -0.1) is 0 Å². The molecule has 0 aromatic carbocycles. The Kier molecular flexibility index (Phi) is 5.01. The Balaban J connectivity index is 1.68. The number of carbonyl (C=O) groups is 2. The van der Waals surface area contributed by atoms with Gasteiger partial charge in [-0.25, -0.2) is 4.79 Å². The highest BCUT2D eigenvalue weighted by Crippen LogP contribution is 2.31. The topological polar surface area (TPSA) is 72.9 Å². The number of nitrogens with zero attached hydrogens (tertiary/aromatic N) is 2. The third kappa shape index (κ3) is 5.06. The van der Waals surface area contributed by atoms with Crippen LogP contribution >= 0.6 is 0 Å². The van der Waals surface area contributed by atoms with Crippen LogP contribution in [0.2, 0.25) is 0 Å². The highest BCUT2D eigenvalue weighted by molar-refractivity contribution is 5.74. The number of amides is 2. The molecule has 1 aliphatic heterocycles. The number of hydrogen-bond acceptors (Lipinski definition) is 3. The first-order chi connectivity index (χ1) is 9.15. The fourth-order valence-corrected chi connectivity index (χ4v) is 2.42. The SMILES string of the molecule is O=C(O)CN1CCCN(C(=O)NCCC2CC2)CC1. The second kappa shape index (κ2) is 6.75. The number of aliphatic carboxylic acids is 1. The van der Waals surface area contributed by atoms with Gasteiger partial charge in [0, 0.05) is 32.7 Å². The van der Waals surface area contributed by atoms with Crippen LogP contribution in [0.15, 0.2) is 0 Å². The number of carbonyl (C=O) groups excluding carboxylic acids is 1. The largest absolute Gasteiger partial charge is 0.480 e. The molecule has 19 heavy (non-hydrogen) atoms. The molecule has 0 atom stereocenters. The van der Waals surface area contributed by atoms with E-state index in [0.29, 0.717) is 19.6 Å². The zero-order chi connectivity index (χ0) is 13.7. The van der Waals surface area contributed by atoms with Crippen LogP contribution in [0.4, 0.5) is 4.79 Å². The summed E-state index contributed by atoms with van der Waals surface area (Å²) >= 11 is 0. The van der Waals surface area contributed by atoms with Gasteiger partial charge in [0.1, 0.15) is 0 Å². The Morgan fingerprint density at radius 2 is 1.95 bits per heavy atom. The maximum atomic E-state index is 12.0. The minimum atomic E-state index is -0.803. The smallest absolute Gasteiger partial charge is 0.317 e. The summed E-state index contributed by atoms with van der Waals surface area (Å²) in [6.45, 7) is 3.55. The Bertz CT molecular complexity index is 331. The summed E-state index contributed by atoms with van der Waals surface area (Å²) in [6.07, 6.45) is 4.54. The zero-order valence-electron chi connectivity index (χ0n) is 11.3. The van der Waals surface area contributed by atoms with E-state index in [1.54, 1.807) is 4.90 Å². The number of carboxylic acids is 1. The molecule has 6 nitrogen and oxygen atoms in total. The lowest BCUT2D eigenvalue weighted by atomic mass is 10.3. The molecule has 2 aliphatic rings. The van der Waals surface area contributed by atoms with Crippen molar-refractivity contribution < 1.29 is 14.7 Å². The van der Waals surface area contributed by atoms with Crippen molar-refractivity contribution in [3.05, 3.63) is 0 Å². The summed E-state index contributed by atoms with van der Waals surface area (Å²) in [4.78, 5) is 26.3. The van der Waals surface area contributed by atoms with Gasteiger partial charge in [0.15, 0.2) is 0 Å². The minimum Gasteiger partial charge on any atom is -0.480 e. The summed E-state index contributed by atoms with van der Waals surface area (Å²) in [5.74, 6) is 0.0258. The predicted octanol–water partition coefficient (Wildman–Crippen LogP) is 0.588. The summed E-state index contributed by atoms with van der Waals surface area (Å²) in [6, 6.07) is -0.00201. The number of rotatable bonds is 5. The van der Waals surface area contributed by atoms with Crippen LogP contribution < -0.4 is 5.32 Å². The quantitative estimate of drug-likeness (QED) is 0.766. The van der Waals surface area contributed by atoms with Crippen molar-refractivity contribution in [1.82, 2.24) is 15.1 Å². The van der Waals surface area contributed by atoms with Crippen molar-refractivity contribution in [3.63, 3.8) is 0 Å². The molecule has 0 aromatic rings. The van der Waals surface area contributed by atoms with Crippen LogP contribution in [0.25, 0.3) is 0 Å². The first kappa shape index (κ1) is 14.1. The number of carboxylic acid groups (broad SMARTS) is 1. The molecule has 108 valence electrons. The van der Waals surface area contributed by atoms with Gasteiger partial charge in [0.25, 0.3) is 0 Å². The minimum absolute atomic E-state index is 0.00201. The second-order valence-corrected chi connectivity index (χ2v) is 5.47. The third-order valence-electron chi connectivity index (χ3n) is 3.76. The number of hydrogen-bond donors (Lipinski definition) is 2. The van der Waals surface area contributed by atoms with Crippen molar-refractivity contribution in [2.24, 2.45) is 5.92 Å². The number of nitrogens with one attached hydrogen (secondary N) is 1. The molecular formula is C13H23N3O3. The normalized spacial score (nSPS) is 20.9. The maximum Gasteiger partial charge on any atom is 0.317 e. The standard InChI is InChI=1S/C13H23N3O3/c17-12(18)10-15-6-1-7-16(9-8-15)13(19)14-5-4-11-2-3-11/h11H,1-10H2,(H,14,19)(H,17,18). The lowest BCUT2D eigenvalue weighted by Gasteiger charge is -2.21. The highest BCUT2D eigenvalue weighted by atomic mass is 16.4. The fraction of sp³-hybridized carbons (Fsp3) is 0.846. The van der Waals surface area contributed by atoms with E-state index in [1.807, 2.05) is 4.90 Å². The van der Waals surface area contributed by atoms with Crippen molar-refractivity contribution in [2.75, 3.05) is 39.3 Å². The first-order valence-electron chi connectivity index (χ1n) is 7.12. The average Bonchev–Trinajstić information content (AvgIpc) is 3.15. The molecule has 1 saturated heterocycles. The predicted molar refractivity (Wildman–Crippen MR) is 71.0 cm³/mol. The van der Waals surface area contributed by atoms with E-state index in [-0.39, 0.29) is 12.6 Å². The Morgan fingerprint density at radius 1 is 1.16 bits per heavy atom. The van der Waals surface area contributed by atoms with Crippen LogP contribution in [0.5, 0.6) is 0 Å². The Labute approximate surface area is 113 Å². The molecule has 0 unspecified atom stereocenters. The van der Waals surface area contributed by atoms with Crippen molar-refractivity contribution in [1.29, 1.82) is 0 Å². The lowest BCUT2D eigenvalue weighted by molar-refractivity contribution is -0.138. The summed E-state index contributed by atoms with van der Waals surface area (Å²) in [5.41, 5.74) is 0. The lowest BCUT2D eigenvalue weighted by Crippen LogP contribution is -2.42. The number of urea groups is 1. The van der Waals surface area contributed by atoms with Gasteiger partial charge in [-0.3, -0.25) is 9.69 Å². The molecule has 6 heteroatoms. The molecule has 2 fully saturated rings.